The average Bonchev–Trinajstić information content (AvgIpc) is 3.14. The molecule has 2 unspecified atom stereocenters. The molecule has 0 bridgehead atoms. The number of likely N-dealkylation sites (N-methyl/N-ethyl adjacent to an activating group) is 1. The number of rotatable bonds is 8. The highest BCUT2D eigenvalue weighted by Gasteiger charge is 2.30. The molecule has 7 heteroatoms. The van der Waals surface area contributed by atoms with Crippen LogP contribution in [0.2, 0.25) is 0 Å². The number of amides is 2. The normalized spacial score (nSPS) is 12.9. The fourth-order valence-electron chi connectivity index (χ4n) is 3.45. The lowest BCUT2D eigenvalue weighted by Gasteiger charge is -2.28. The molecule has 0 aliphatic carbocycles. The molecule has 0 saturated heterocycles. The van der Waals surface area contributed by atoms with E-state index in [1.807, 2.05) is 54.6 Å². The van der Waals surface area contributed by atoms with Crippen LogP contribution in [0.25, 0.3) is 10.9 Å². The first-order valence-corrected chi connectivity index (χ1v) is 9.72. The van der Waals surface area contributed by atoms with Crippen LogP contribution in [0.3, 0.4) is 0 Å². The summed E-state index contributed by atoms with van der Waals surface area (Å²) < 4.78 is 0. The van der Waals surface area contributed by atoms with Crippen LogP contribution in [0.5, 0.6) is 0 Å². The van der Waals surface area contributed by atoms with Crippen molar-refractivity contribution in [3.8, 4) is 0 Å². The van der Waals surface area contributed by atoms with Gasteiger partial charge in [-0.25, -0.2) is 4.79 Å². The zero-order chi connectivity index (χ0) is 21.7. The number of nitrogens with zero attached hydrogens (tertiary/aromatic N) is 1. The number of aliphatic carboxylic acids is 1. The number of nitrogens with one attached hydrogen (secondary N) is 2. The summed E-state index contributed by atoms with van der Waals surface area (Å²) >= 11 is 0. The molecule has 3 N–H and O–H groups in total. The van der Waals surface area contributed by atoms with Gasteiger partial charge in [-0.3, -0.25) is 9.59 Å². The van der Waals surface area contributed by atoms with Gasteiger partial charge < -0.3 is 20.3 Å². The predicted octanol–water partition coefficient (Wildman–Crippen LogP) is 2.37. The molecule has 1 heterocycles. The maximum Gasteiger partial charge on any atom is 0.326 e. The molecule has 30 heavy (non-hydrogen) atoms. The SMILES string of the molecule is CC(=O)N(C)C(Cc1ccccc1)C(=O)NC(Cc1c[nH]c2ccccc12)C(=O)O. The van der Waals surface area contributed by atoms with E-state index in [4.69, 9.17) is 0 Å². The highest BCUT2D eigenvalue weighted by molar-refractivity contribution is 5.91. The Morgan fingerprint density at radius 3 is 2.37 bits per heavy atom. The van der Waals surface area contributed by atoms with Crippen LogP contribution in [-0.2, 0) is 27.2 Å². The summed E-state index contributed by atoms with van der Waals surface area (Å²) in [4.78, 5) is 41.3. The summed E-state index contributed by atoms with van der Waals surface area (Å²) in [5.74, 6) is -1.89. The van der Waals surface area contributed by atoms with E-state index < -0.39 is 24.0 Å². The van der Waals surface area contributed by atoms with Gasteiger partial charge >= 0.3 is 5.97 Å². The number of fused-ring (bicyclic) bond motifs is 1. The maximum atomic E-state index is 13.0. The van der Waals surface area contributed by atoms with Crippen molar-refractivity contribution in [2.24, 2.45) is 0 Å². The number of para-hydroxylation sites is 1. The lowest BCUT2D eigenvalue weighted by molar-refractivity contribution is -0.143. The lowest BCUT2D eigenvalue weighted by atomic mass is 10.0. The number of carboxylic acid groups (broad SMARTS) is 1. The number of aromatic nitrogens is 1. The minimum Gasteiger partial charge on any atom is -0.480 e. The Bertz CT molecular complexity index is 1040. The Morgan fingerprint density at radius 1 is 1.03 bits per heavy atom. The number of carboxylic acids is 1. The van der Waals surface area contributed by atoms with E-state index in [9.17, 15) is 19.5 Å². The molecule has 3 aromatic rings. The van der Waals surface area contributed by atoms with E-state index in [-0.39, 0.29) is 12.3 Å². The number of aromatic amines is 1. The van der Waals surface area contributed by atoms with Crippen LogP contribution in [0.1, 0.15) is 18.1 Å². The highest BCUT2D eigenvalue weighted by Crippen LogP contribution is 2.19. The van der Waals surface area contributed by atoms with Crippen molar-refractivity contribution in [3.63, 3.8) is 0 Å². The van der Waals surface area contributed by atoms with Crippen molar-refractivity contribution in [1.29, 1.82) is 0 Å². The fraction of sp³-hybridized carbons (Fsp3) is 0.261. The molecular weight excluding hydrogens is 382 g/mol. The van der Waals surface area contributed by atoms with E-state index in [0.29, 0.717) is 6.42 Å². The van der Waals surface area contributed by atoms with Crippen LogP contribution in [0.4, 0.5) is 0 Å². The van der Waals surface area contributed by atoms with Gasteiger partial charge in [0, 0.05) is 43.9 Å². The maximum absolute atomic E-state index is 13.0. The number of hydrogen-bond donors (Lipinski definition) is 3. The van der Waals surface area contributed by atoms with Crippen molar-refractivity contribution < 1.29 is 19.5 Å². The third-order valence-electron chi connectivity index (χ3n) is 5.25. The molecule has 156 valence electrons. The Morgan fingerprint density at radius 2 is 1.70 bits per heavy atom. The van der Waals surface area contributed by atoms with Gasteiger partial charge in [0.15, 0.2) is 0 Å². The Labute approximate surface area is 174 Å². The molecule has 0 aliphatic heterocycles. The third-order valence-corrected chi connectivity index (χ3v) is 5.25. The zero-order valence-electron chi connectivity index (χ0n) is 17.0. The van der Waals surface area contributed by atoms with Crippen molar-refractivity contribution in [2.75, 3.05) is 7.05 Å². The van der Waals surface area contributed by atoms with Crippen LogP contribution in [0.15, 0.2) is 60.8 Å². The first-order chi connectivity index (χ1) is 14.4. The molecule has 0 fully saturated rings. The summed E-state index contributed by atoms with van der Waals surface area (Å²) in [7, 11) is 1.55. The topological polar surface area (TPSA) is 103 Å². The molecular formula is C23H25N3O4. The minimum atomic E-state index is -1.13. The summed E-state index contributed by atoms with van der Waals surface area (Å²) in [5, 5.41) is 13.3. The minimum absolute atomic E-state index is 0.132. The highest BCUT2D eigenvalue weighted by atomic mass is 16.4. The van der Waals surface area contributed by atoms with Gasteiger partial charge in [0.25, 0.3) is 0 Å². The van der Waals surface area contributed by atoms with E-state index in [0.717, 1.165) is 22.0 Å². The summed E-state index contributed by atoms with van der Waals surface area (Å²) in [5.41, 5.74) is 2.59. The molecule has 2 aromatic carbocycles. The van der Waals surface area contributed by atoms with Crippen molar-refractivity contribution in [1.82, 2.24) is 15.2 Å². The summed E-state index contributed by atoms with van der Waals surface area (Å²) in [6.45, 7) is 1.38. The molecule has 1 aromatic heterocycles. The van der Waals surface area contributed by atoms with Gasteiger partial charge in [-0.05, 0) is 17.2 Å². The molecule has 2 amide bonds. The number of benzene rings is 2. The first-order valence-electron chi connectivity index (χ1n) is 9.72. The Kier molecular flexibility index (Phi) is 6.51. The standard InChI is InChI=1S/C23H25N3O4/c1-15(27)26(2)21(12-16-8-4-3-5-9-16)22(28)25-20(23(29)30)13-17-14-24-19-11-7-6-10-18(17)19/h3-11,14,20-21,24H,12-13H2,1-2H3,(H,25,28)(H,29,30). The molecule has 0 radical (unpaired) electrons. The number of carbonyl (C=O) groups is 3. The van der Waals surface area contributed by atoms with E-state index in [1.165, 1.54) is 11.8 Å². The van der Waals surface area contributed by atoms with Crippen LogP contribution < -0.4 is 5.32 Å². The van der Waals surface area contributed by atoms with Gasteiger partial charge in [0.05, 0.1) is 0 Å². The van der Waals surface area contributed by atoms with Crippen LogP contribution in [0, 0.1) is 0 Å². The van der Waals surface area contributed by atoms with Gasteiger partial charge in [-0.2, -0.15) is 0 Å². The summed E-state index contributed by atoms with van der Waals surface area (Å²) in [6.07, 6.45) is 2.19. The first kappa shape index (κ1) is 21.1. The molecule has 7 nitrogen and oxygen atoms in total. The Hall–Kier alpha value is -3.61. The molecule has 3 rings (SSSR count). The van der Waals surface area contributed by atoms with Crippen molar-refractivity contribution >= 4 is 28.7 Å². The molecule has 0 aliphatic rings. The molecule has 0 saturated carbocycles. The van der Waals surface area contributed by atoms with Gasteiger partial charge in [0.1, 0.15) is 12.1 Å². The fourth-order valence-corrected chi connectivity index (χ4v) is 3.45. The molecule has 0 spiro atoms. The average molecular weight is 407 g/mol. The lowest BCUT2D eigenvalue weighted by Crippen LogP contribution is -2.53. The zero-order valence-corrected chi connectivity index (χ0v) is 17.0. The molecule has 2 atom stereocenters. The Balaban J connectivity index is 1.80. The smallest absolute Gasteiger partial charge is 0.326 e. The second-order valence-corrected chi connectivity index (χ2v) is 7.30. The third kappa shape index (κ3) is 4.86. The van der Waals surface area contributed by atoms with Gasteiger partial charge in [-0.1, -0.05) is 48.5 Å². The number of H-pyrrole nitrogens is 1. The van der Waals surface area contributed by atoms with Crippen molar-refractivity contribution in [3.05, 3.63) is 71.9 Å². The predicted molar refractivity (Wildman–Crippen MR) is 114 cm³/mol. The largest absolute Gasteiger partial charge is 0.480 e. The van der Waals surface area contributed by atoms with Gasteiger partial charge in [0.2, 0.25) is 11.8 Å². The monoisotopic (exact) mass is 407 g/mol. The van der Waals surface area contributed by atoms with E-state index >= 15 is 0 Å². The number of carbonyl (C=O) groups excluding carboxylic acids is 2. The number of hydrogen-bond acceptors (Lipinski definition) is 3. The van der Waals surface area contributed by atoms with E-state index in [2.05, 4.69) is 10.3 Å². The quantitative estimate of drug-likeness (QED) is 0.533. The second kappa shape index (κ2) is 9.26. The van der Waals surface area contributed by atoms with E-state index in [1.54, 1.807) is 13.2 Å². The van der Waals surface area contributed by atoms with Gasteiger partial charge in [-0.15, -0.1) is 0 Å². The summed E-state index contributed by atoms with van der Waals surface area (Å²) in [6, 6.07) is 15.0. The second-order valence-electron chi connectivity index (χ2n) is 7.30. The van der Waals surface area contributed by atoms with Crippen LogP contribution in [-0.4, -0.2) is 51.9 Å². The van der Waals surface area contributed by atoms with Crippen LogP contribution >= 0.6 is 0 Å². The van der Waals surface area contributed by atoms with Crippen molar-refractivity contribution in [2.45, 2.75) is 31.8 Å².